The van der Waals surface area contributed by atoms with Crippen LogP contribution in [0, 0.1) is 6.92 Å². The van der Waals surface area contributed by atoms with E-state index in [-0.39, 0.29) is 10.8 Å². The number of amides is 1. The minimum atomic E-state index is -3.34. The second-order valence-electron chi connectivity index (χ2n) is 7.42. The summed E-state index contributed by atoms with van der Waals surface area (Å²) in [7, 11) is -3.34. The number of hydrogen-bond acceptors (Lipinski definition) is 6. The maximum Gasteiger partial charge on any atom is 0.260 e. The van der Waals surface area contributed by atoms with E-state index >= 15 is 0 Å². The number of imidazole rings is 1. The molecule has 0 fully saturated rings. The van der Waals surface area contributed by atoms with Crippen molar-refractivity contribution in [2.75, 3.05) is 17.7 Å². The van der Waals surface area contributed by atoms with Crippen molar-refractivity contribution in [3.05, 3.63) is 71.3 Å². The molecular formula is C22H21ClN4O3S2. The number of thiazole rings is 1. The first-order valence-corrected chi connectivity index (χ1v) is 13.0. The van der Waals surface area contributed by atoms with Gasteiger partial charge in [0.15, 0.2) is 15.0 Å². The van der Waals surface area contributed by atoms with Crippen LogP contribution in [0.3, 0.4) is 0 Å². The van der Waals surface area contributed by atoms with E-state index in [0.717, 1.165) is 22.0 Å². The summed E-state index contributed by atoms with van der Waals surface area (Å²) in [6.07, 6.45) is 7.16. The Labute approximate surface area is 195 Å². The Kier molecular flexibility index (Phi) is 6.32. The van der Waals surface area contributed by atoms with Gasteiger partial charge in [-0.05, 0) is 55.3 Å². The first-order chi connectivity index (χ1) is 15.2. The zero-order valence-corrected chi connectivity index (χ0v) is 19.9. The number of aromatic nitrogens is 3. The van der Waals surface area contributed by atoms with Crippen molar-refractivity contribution in [3.63, 3.8) is 0 Å². The molecule has 4 rings (SSSR count). The van der Waals surface area contributed by atoms with Crippen molar-refractivity contribution in [2.45, 2.75) is 24.8 Å². The third-order valence-corrected chi connectivity index (χ3v) is 7.68. The molecule has 10 heteroatoms. The van der Waals surface area contributed by atoms with Gasteiger partial charge in [-0.2, -0.15) is 0 Å². The summed E-state index contributed by atoms with van der Waals surface area (Å²) in [5.74, 6) is -0.238. The fourth-order valence-corrected chi connectivity index (χ4v) is 5.15. The first kappa shape index (κ1) is 22.4. The Balaban J connectivity index is 1.66. The van der Waals surface area contributed by atoms with Gasteiger partial charge >= 0.3 is 0 Å². The number of carbonyl (C=O) groups excluding carboxylic acids is 1. The summed E-state index contributed by atoms with van der Waals surface area (Å²) >= 11 is 7.68. The van der Waals surface area contributed by atoms with E-state index in [0.29, 0.717) is 35.2 Å². The van der Waals surface area contributed by atoms with E-state index in [2.05, 4.69) is 4.98 Å². The number of carbonyl (C=O) groups is 1. The van der Waals surface area contributed by atoms with Gasteiger partial charge in [0.1, 0.15) is 0 Å². The summed E-state index contributed by atoms with van der Waals surface area (Å²) in [4.78, 5) is 24.0. The highest BCUT2D eigenvalue weighted by Gasteiger charge is 2.22. The van der Waals surface area contributed by atoms with Gasteiger partial charge in [-0.15, -0.1) is 0 Å². The summed E-state index contributed by atoms with van der Waals surface area (Å²) in [5, 5.41) is 1.21. The number of nitrogens with zero attached hydrogens (tertiary/aromatic N) is 4. The van der Waals surface area contributed by atoms with Crippen LogP contribution in [-0.2, 0) is 16.4 Å². The molecule has 4 aromatic rings. The fourth-order valence-electron chi connectivity index (χ4n) is 3.32. The predicted octanol–water partition coefficient (Wildman–Crippen LogP) is 4.60. The van der Waals surface area contributed by atoms with Crippen LogP contribution < -0.4 is 4.90 Å². The maximum atomic E-state index is 13.4. The molecule has 0 N–H and O–H groups in total. The van der Waals surface area contributed by atoms with E-state index in [1.807, 2.05) is 29.8 Å². The largest absolute Gasteiger partial charge is 0.337 e. The second-order valence-corrected chi connectivity index (χ2v) is 10.9. The van der Waals surface area contributed by atoms with E-state index in [1.54, 1.807) is 17.4 Å². The highest BCUT2D eigenvalue weighted by atomic mass is 35.5. The summed E-state index contributed by atoms with van der Waals surface area (Å²) in [5.41, 5.74) is 2.04. The zero-order valence-electron chi connectivity index (χ0n) is 17.5. The predicted molar refractivity (Wildman–Crippen MR) is 127 cm³/mol. The van der Waals surface area contributed by atoms with Gasteiger partial charge < -0.3 is 4.57 Å². The molecule has 0 unspecified atom stereocenters. The molecule has 0 aliphatic heterocycles. The number of halogens is 1. The minimum absolute atomic E-state index is 0.172. The lowest BCUT2D eigenvalue weighted by Crippen LogP contribution is -2.32. The molecule has 32 heavy (non-hydrogen) atoms. The van der Waals surface area contributed by atoms with E-state index in [4.69, 9.17) is 16.6 Å². The van der Waals surface area contributed by atoms with Gasteiger partial charge in [0.25, 0.3) is 5.91 Å². The molecule has 2 aromatic heterocycles. The van der Waals surface area contributed by atoms with Gasteiger partial charge in [-0.1, -0.05) is 22.9 Å². The molecule has 166 valence electrons. The van der Waals surface area contributed by atoms with Crippen LogP contribution in [-0.4, -0.2) is 41.7 Å². The molecule has 2 heterocycles. The maximum absolute atomic E-state index is 13.4. The van der Waals surface area contributed by atoms with E-state index in [9.17, 15) is 13.2 Å². The number of anilines is 1. The molecule has 0 saturated carbocycles. The fraction of sp³-hybridized carbons (Fsp3) is 0.227. The molecule has 0 aliphatic rings. The Morgan fingerprint density at radius 2 is 1.94 bits per heavy atom. The summed E-state index contributed by atoms with van der Waals surface area (Å²) < 4.78 is 26.4. The average Bonchev–Trinajstić information content (AvgIpc) is 3.43. The Hall–Kier alpha value is -2.75. The molecule has 0 aliphatic carbocycles. The lowest BCUT2D eigenvalue weighted by Gasteiger charge is -2.20. The van der Waals surface area contributed by atoms with Crippen LogP contribution >= 0.6 is 22.9 Å². The molecule has 0 bridgehead atoms. The molecule has 2 aromatic carbocycles. The molecule has 0 spiro atoms. The van der Waals surface area contributed by atoms with Gasteiger partial charge in [-0.3, -0.25) is 9.69 Å². The third-order valence-electron chi connectivity index (χ3n) is 5.10. The van der Waals surface area contributed by atoms with E-state index in [1.165, 1.54) is 35.6 Å². The zero-order chi connectivity index (χ0) is 22.9. The third kappa shape index (κ3) is 4.69. The normalized spacial score (nSPS) is 11.7. The van der Waals surface area contributed by atoms with Crippen molar-refractivity contribution in [2.24, 2.45) is 0 Å². The van der Waals surface area contributed by atoms with E-state index < -0.39 is 9.84 Å². The molecule has 0 saturated heterocycles. The lowest BCUT2D eigenvalue weighted by atomic mass is 10.2. The van der Waals surface area contributed by atoms with Gasteiger partial charge in [-0.25, -0.2) is 18.4 Å². The van der Waals surface area contributed by atoms with Crippen LogP contribution in [0.4, 0.5) is 5.13 Å². The van der Waals surface area contributed by atoms with Crippen molar-refractivity contribution in [1.29, 1.82) is 0 Å². The molecule has 7 nitrogen and oxygen atoms in total. The van der Waals surface area contributed by atoms with Crippen LogP contribution in [0.25, 0.3) is 10.2 Å². The van der Waals surface area contributed by atoms with Crippen LogP contribution in [0.15, 0.2) is 60.0 Å². The second kappa shape index (κ2) is 9.01. The van der Waals surface area contributed by atoms with Gasteiger partial charge in [0.2, 0.25) is 0 Å². The molecule has 1 amide bonds. The van der Waals surface area contributed by atoms with Gasteiger partial charge in [0.05, 0.1) is 21.4 Å². The van der Waals surface area contributed by atoms with Crippen LogP contribution in [0.2, 0.25) is 5.02 Å². The molecule has 0 radical (unpaired) electrons. The van der Waals surface area contributed by atoms with Crippen LogP contribution in [0.5, 0.6) is 0 Å². The number of fused-ring (bicyclic) bond motifs is 1. The number of benzene rings is 2. The number of rotatable bonds is 7. The van der Waals surface area contributed by atoms with Crippen molar-refractivity contribution >= 4 is 54.0 Å². The van der Waals surface area contributed by atoms with Crippen molar-refractivity contribution in [3.8, 4) is 0 Å². The standard InChI is InChI=1S/C22H21ClN4O3S2/c1-15-18(23)8-9-19-20(15)25-22(31-19)27(12-3-11-26-13-10-24-14-26)21(28)16-4-6-17(7-5-16)32(2,29)30/h4-10,13-14H,3,11-12H2,1-2H3. The average molecular weight is 489 g/mol. The lowest BCUT2D eigenvalue weighted by molar-refractivity contribution is 0.0986. The highest BCUT2D eigenvalue weighted by Crippen LogP contribution is 2.34. The Morgan fingerprint density at radius 3 is 2.59 bits per heavy atom. The number of aryl methyl sites for hydroxylation is 2. The summed E-state index contributed by atoms with van der Waals surface area (Å²) in [6.45, 7) is 3.05. The summed E-state index contributed by atoms with van der Waals surface area (Å²) in [6, 6.07) is 9.72. The Morgan fingerprint density at radius 1 is 1.19 bits per heavy atom. The van der Waals surface area contributed by atoms with Crippen molar-refractivity contribution in [1.82, 2.24) is 14.5 Å². The molecule has 0 atom stereocenters. The molecular weight excluding hydrogens is 468 g/mol. The monoisotopic (exact) mass is 488 g/mol. The quantitative estimate of drug-likeness (QED) is 0.379. The Bertz CT molecular complexity index is 1360. The SMILES string of the molecule is Cc1c(Cl)ccc2sc(N(CCCn3ccnc3)C(=O)c3ccc(S(C)(=O)=O)cc3)nc12. The first-order valence-electron chi connectivity index (χ1n) is 9.87. The topological polar surface area (TPSA) is 85.2 Å². The highest BCUT2D eigenvalue weighted by molar-refractivity contribution is 7.90. The van der Waals surface area contributed by atoms with Crippen LogP contribution in [0.1, 0.15) is 22.3 Å². The van der Waals surface area contributed by atoms with Gasteiger partial charge in [0, 0.05) is 42.3 Å². The van der Waals surface area contributed by atoms with Crippen molar-refractivity contribution < 1.29 is 13.2 Å². The minimum Gasteiger partial charge on any atom is -0.337 e. The number of hydrogen-bond donors (Lipinski definition) is 0. The number of sulfone groups is 1. The smallest absolute Gasteiger partial charge is 0.260 e.